The van der Waals surface area contributed by atoms with Gasteiger partial charge < -0.3 is 13.9 Å². The van der Waals surface area contributed by atoms with Gasteiger partial charge in [0.15, 0.2) is 0 Å². The van der Waals surface area contributed by atoms with E-state index >= 15 is 0 Å². The van der Waals surface area contributed by atoms with Crippen LogP contribution in [0.15, 0.2) is 24.0 Å². The zero-order valence-electron chi connectivity index (χ0n) is 17.6. The summed E-state index contributed by atoms with van der Waals surface area (Å²) in [6, 6.07) is 0. The Morgan fingerprint density at radius 1 is 1.15 bits per heavy atom. The molecule has 0 aromatic heterocycles. The van der Waals surface area contributed by atoms with Gasteiger partial charge in [-0.3, -0.25) is 0 Å². The van der Waals surface area contributed by atoms with Crippen LogP contribution in [0.5, 0.6) is 0 Å². The van der Waals surface area contributed by atoms with Crippen LogP contribution in [0.1, 0.15) is 65.7 Å². The van der Waals surface area contributed by atoms with Crippen LogP contribution in [0.4, 0.5) is 4.79 Å². The minimum Gasteiger partial charge on any atom is -0.544 e. The fraction of sp³-hybridized carbons (Fsp3) is 0.762. The van der Waals surface area contributed by atoms with Crippen LogP contribution in [-0.2, 0) is 13.9 Å². The van der Waals surface area contributed by atoms with Crippen LogP contribution < -0.4 is 0 Å². The fourth-order valence-electron chi connectivity index (χ4n) is 2.87. The highest BCUT2D eigenvalue weighted by Crippen LogP contribution is 2.38. The van der Waals surface area contributed by atoms with Gasteiger partial charge in [-0.2, -0.15) is 0 Å². The molecular formula is C21H38O4Si. The Morgan fingerprint density at radius 2 is 1.81 bits per heavy atom. The van der Waals surface area contributed by atoms with Crippen molar-refractivity contribution in [1.82, 2.24) is 0 Å². The summed E-state index contributed by atoms with van der Waals surface area (Å²) in [5.74, 6) is 1.77. The van der Waals surface area contributed by atoms with Gasteiger partial charge in [-0.05, 0) is 55.1 Å². The van der Waals surface area contributed by atoms with E-state index in [1.54, 1.807) is 0 Å². The number of rotatable bonds is 8. The van der Waals surface area contributed by atoms with Crippen molar-refractivity contribution >= 4 is 14.5 Å². The average Bonchev–Trinajstić information content (AvgIpc) is 2.57. The molecule has 4 nitrogen and oxygen atoms in total. The SMILES string of the molecule is COC(=O)OC/C=C/C(=C/CCC1CCCCC1)O[Si](C)(C)C(C)(C)C. The molecule has 0 atom stereocenters. The van der Waals surface area contributed by atoms with Crippen LogP contribution in [0.2, 0.25) is 18.1 Å². The first-order chi connectivity index (χ1) is 12.2. The Labute approximate surface area is 161 Å². The lowest BCUT2D eigenvalue weighted by atomic mass is 9.86. The lowest BCUT2D eigenvalue weighted by molar-refractivity contribution is 0.0817. The van der Waals surface area contributed by atoms with E-state index in [0.717, 1.165) is 18.1 Å². The number of allylic oxidation sites excluding steroid dienone is 2. The van der Waals surface area contributed by atoms with E-state index in [9.17, 15) is 4.79 Å². The van der Waals surface area contributed by atoms with E-state index < -0.39 is 14.5 Å². The molecule has 0 saturated heterocycles. The molecule has 0 radical (unpaired) electrons. The molecule has 1 aliphatic carbocycles. The molecule has 1 saturated carbocycles. The Bertz CT molecular complexity index is 483. The lowest BCUT2D eigenvalue weighted by Gasteiger charge is -2.37. The Kier molecular flexibility index (Phi) is 9.48. The molecule has 26 heavy (non-hydrogen) atoms. The summed E-state index contributed by atoms with van der Waals surface area (Å²) >= 11 is 0. The number of ether oxygens (including phenoxy) is 2. The molecule has 0 bridgehead atoms. The zero-order valence-corrected chi connectivity index (χ0v) is 18.6. The first kappa shape index (κ1) is 22.8. The number of carbonyl (C=O) groups is 1. The second-order valence-corrected chi connectivity index (χ2v) is 13.4. The van der Waals surface area contributed by atoms with Gasteiger partial charge in [0.25, 0.3) is 0 Å². The molecule has 0 aliphatic heterocycles. The van der Waals surface area contributed by atoms with Crippen molar-refractivity contribution in [3.63, 3.8) is 0 Å². The van der Waals surface area contributed by atoms with Crippen LogP contribution in [0.3, 0.4) is 0 Å². The van der Waals surface area contributed by atoms with E-state index in [1.807, 2.05) is 12.2 Å². The molecular weight excluding hydrogens is 344 g/mol. The van der Waals surface area contributed by atoms with Crippen molar-refractivity contribution in [2.75, 3.05) is 13.7 Å². The monoisotopic (exact) mass is 382 g/mol. The van der Waals surface area contributed by atoms with Gasteiger partial charge in [-0.1, -0.05) is 52.9 Å². The number of methoxy groups -OCH3 is 1. The van der Waals surface area contributed by atoms with Crippen molar-refractivity contribution in [1.29, 1.82) is 0 Å². The maximum Gasteiger partial charge on any atom is 0.508 e. The third kappa shape index (κ3) is 8.43. The molecule has 0 aromatic carbocycles. The van der Waals surface area contributed by atoms with Gasteiger partial charge >= 0.3 is 6.16 Å². The summed E-state index contributed by atoms with van der Waals surface area (Å²) in [7, 11) is -0.590. The van der Waals surface area contributed by atoms with E-state index in [4.69, 9.17) is 9.16 Å². The Hall–Kier alpha value is -1.23. The summed E-state index contributed by atoms with van der Waals surface area (Å²) in [5.41, 5.74) is 0. The first-order valence-corrected chi connectivity index (χ1v) is 12.8. The summed E-state index contributed by atoms with van der Waals surface area (Å²) < 4.78 is 15.9. The summed E-state index contributed by atoms with van der Waals surface area (Å²) in [6.07, 6.45) is 14.5. The predicted molar refractivity (Wildman–Crippen MR) is 110 cm³/mol. The second-order valence-electron chi connectivity index (χ2n) is 8.72. The Morgan fingerprint density at radius 3 is 2.38 bits per heavy atom. The summed E-state index contributed by atoms with van der Waals surface area (Å²) in [6.45, 7) is 11.4. The summed E-state index contributed by atoms with van der Waals surface area (Å²) in [5, 5.41) is 0.145. The molecule has 150 valence electrons. The minimum absolute atomic E-state index is 0.145. The molecule has 0 spiro atoms. The number of hydrogen-bond acceptors (Lipinski definition) is 4. The predicted octanol–water partition coefficient (Wildman–Crippen LogP) is 6.59. The van der Waals surface area contributed by atoms with Crippen molar-refractivity contribution in [3.8, 4) is 0 Å². The van der Waals surface area contributed by atoms with E-state index in [2.05, 4.69) is 44.7 Å². The Balaban J connectivity index is 2.68. The molecule has 0 heterocycles. The smallest absolute Gasteiger partial charge is 0.508 e. The molecule has 0 amide bonds. The highest BCUT2D eigenvalue weighted by Gasteiger charge is 2.39. The van der Waals surface area contributed by atoms with Gasteiger partial charge in [-0.15, -0.1) is 0 Å². The van der Waals surface area contributed by atoms with E-state index in [1.165, 1.54) is 45.6 Å². The lowest BCUT2D eigenvalue weighted by Crippen LogP contribution is -2.40. The van der Waals surface area contributed by atoms with Gasteiger partial charge in [-0.25, -0.2) is 4.79 Å². The maximum absolute atomic E-state index is 11.0. The first-order valence-electron chi connectivity index (χ1n) is 9.92. The molecule has 0 N–H and O–H groups in total. The van der Waals surface area contributed by atoms with Gasteiger partial charge in [0.1, 0.15) is 6.61 Å². The zero-order chi connectivity index (χ0) is 19.6. The number of hydrogen-bond donors (Lipinski definition) is 0. The fourth-order valence-corrected chi connectivity index (χ4v) is 3.91. The minimum atomic E-state index is -1.90. The van der Waals surface area contributed by atoms with Crippen LogP contribution in [0.25, 0.3) is 0 Å². The average molecular weight is 383 g/mol. The molecule has 0 aromatic rings. The quantitative estimate of drug-likeness (QED) is 0.205. The number of carbonyl (C=O) groups excluding carboxylic acids is 1. The third-order valence-corrected chi connectivity index (χ3v) is 9.93. The summed E-state index contributed by atoms with van der Waals surface area (Å²) in [4.78, 5) is 11.0. The molecule has 1 aliphatic rings. The van der Waals surface area contributed by atoms with Crippen molar-refractivity contribution in [3.05, 3.63) is 24.0 Å². The van der Waals surface area contributed by atoms with Gasteiger partial charge in [0, 0.05) is 0 Å². The highest BCUT2D eigenvalue weighted by atomic mass is 28.4. The van der Waals surface area contributed by atoms with Crippen LogP contribution >= 0.6 is 0 Å². The van der Waals surface area contributed by atoms with Crippen LogP contribution in [-0.4, -0.2) is 28.2 Å². The molecule has 5 heteroatoms. The highest BCUT2D eigenvalue weighted by molar-refractivity contribution is 6.74. The third-order valence-electron chi connectivity index (χ3n) is 5.57. The van der Waals surface area contributed by atoms with E-state index in [0.29, 0.717) is 0 Å². The standard InChI is InChI=1S/C21H38O4Si/c1-21(2,3)26(5,6)25-19(16-11-17-24-20(22)23-4)15-10-14-18-12-8-7-9-13-18/h11,15-16,18H,7-10,12-14,17H2,1-6H3/b16-11+,19-15-. The van der Waals surface area contributed by atoms with Crippen molar-refractivity contribution in [2.24, 2.45) is 5.92 Å². The molecule has 1 fully saturated rings. The van der Waals surface area contributed by atoms with E-state index in [-0.39, 0.29) is 11.6 Å². The van der Waals surface area contributed by atoms with Crippen molar-refractivity contribution in [2.45, 2.75) is 83.8 Å². The van der Waals surface area contributed by atoms with Crippen LogP contribution in [0, 0.1) is 5.92 Å². The van der Waals surface area contributed by atoms with Crippen molar-refractivity contribution < 1.29 is 18.7 Å². The molecule has 0 unspecified atom stereocenters. The van der Waals surface area contributed by atoms with Gasteiger partial charge in [0.05, 0.1) is 12.9 Å². The maximum atomic E-state index is 11.0. The topological polar surface area (TPSA) is 44.8 Å². The second kappa shape index (κ2) is 10.8. The normalized spacial score (nSPS) is 17.4. The largest absolute Gasteiger partial charge is 0.544 e. The van der Waals surface area contributed by atoms with Gasteiger partial charge in [0.2, 0.25) is 8.32 Å². The molecule has 1 rings (SSSR count).